The van der Waals surface area contributed by atoms with E-state index in [0.29, 0.717) is 12.3 Å². The first-order valence-corrected chi connectivity index (χ1v) is 11.4. The van der Waals surface area contributed by atoms with E-state index in [1.165, 1.54) is 0 Å². The van der Waals surface area contributed by atoms with E-state index in [4.69, 9.17) is 4.74 Å². The molecule has 3 atom stereocenters. The number of nitrogens with one attached hydrogen (secondary N) is 3. The molecule has 2 fully saturated rings. The van der Waals surface area contributed by atoms with Gasteiger partial charge in [-0.25, -0.2) is 4.79 Å². The SMILES string of the molecule is CC(C)(C)OC(=O)N[C@@H](CC1CC1)C(=O)NC(Cc1ccccc1)C(O)C(=O)NC1CC1. The zero-order chi connectivity index (χ0) is 23.3. The number of carbonyl (C=O) groups excluding carboxylic acids is 3. The van der Waals surface area contributed by atoms with E-state index < -0.39 is 41.7 Å². The van der Waals surface area contributed by atoms with Gasteiger partial charge in [0.05, 0.1) is 6.04 Å². The van der Waals surface area contributed by atoms with Crippen LogP contribution in [0.1, 0.15) is 58.4 Å². The van der Waals surface area contributed by atoms with Crippen LogP contribution >= 0.6 is 0 Å². The topological polar surface area (TPSA) is 117 Å². The molecule has 32 heavy (non-hydrogen) atoms. The minimum Gasteiger partial charge on any atom is -0.444 e. The van der Waals surface area contributed by atoms with E-state index in [0.717, 1.165) is 31.2 Å². The Labute approximate surface area is 189 Å². The van der Waals surface area contributed by atoms with Gasteiger partial charge in [0.25, 0.3) is 5.91 Å². The molecule has 0 spiro atoms. The molecule has 2 aliphatic rings. The van der Waals surface area contributed by atoms with Gasteiger partial charge in [-0.3, -0.25) is 9.59 Å². The molecule has 8 nitrogen and oxygen atoms in total. The predicted molar refractivity (Wildman–Crippen MR) is 120 cm³/mol. The average Bonchev–Trinajstić information content (AvgIpc) is 3.62. The van der Waals surface area contributed by atoms with Crippen LogP contribution in [0.3, 0.4) is 0 Å². The average molecular weight is 446 g/mol. The van der Waals surface area contributed by atoms with Crippen molar-refractivity contribution in [3.8, 4) is 0 Å². The maximum atomic E-state index is 13.1. The number of alkyl carbamates (subject to hydrolysis) is 1. The monoisotopic (exact) mass is 445 g/mol. The first-order chi connectivity index (χ1) is 15.1. The Morgan fingerprint density at radius 2 is 1.69 bits per heavy atom. The highest BCUT2D eigenvalue weighted by molar-refractivity contribution is 5.87. The fourth-order valence-electron chi connectivity index (χ4n) is 3.46. The Balaban J connectivity index is 1.69. The summed E-state index contributed by atoms with van der Waals surface area (Å²) in [5, 5.41) is 19.0. The molecular formula is C24H35N3O5. The van der Waals surface area contributed by atoms with Crippen molar-refractivity contribution in [3.63, 3.8) is 0 Å². The molecule has 0 heterocycles. The summed E-state index contributed by atoms with van der Waals surface area (Å²) in [6.45, 7) is 5.27. The van der Waals surface area contributed by atoms with Crippen molar-refractivity contribution in [2.75, 3.05) is 0 Å². The number of ether oxygens (including phenoxy) is 1. The van der Waals surface area contributed by atoms with E-state index in [9.17, 15) is 19.5 Å². The first kappa shape index (κ1) is 24.0. The second kappa shape index (κ2) is 10.3. The molecule has 1 aromatic rings. The molecule has 0 aliphatic heterocycles. The summed E-state index contributed by atoms with van der Waals surface area (Å²) < 4.78 is 5.31. The second-order valence-corrected chi connectivity index (χ2v) is 9.91. The molecule has 3 amide bonds. The van der Waals surface area contributed by atoms with Crippen LogP contribution in [0.2, 0.25) is 0 Å². The fourth-order valence-corrected chi connectivity index (χ4v) is 3.46. The quantitative estimate of drug-likeness (QED) is 0.440. The molecule has 2 saturated carbocycles. The fraction of sp³-hybridized carbons (Fsp3) is 0.625. The number of hydrogen-bond donors (Lipinski definition) is 4. The van der Waals surface area contributed by atoms with Crippen molar-refractivity contribution in [2.45, 2.75) is 89.1 Å². The van der Waals surface area contributed by atoms with Gasteiger partial charge in [0.15, 0.2) is 6.10 Å². The van der Waals surface area contributed by atoms with Crippen LogP contribution in [-0.4, -0.2) is 52.8 Å². The second-order valence-electron chi connectivity index (χ2n) is 9.91. The largest absolute Gasteiger partial charge is 0.444 e. The molecule has 4 N–H and O–H groups in total. The molecule has 8 heteroatoms. The van der Waals surface area contributed by atoms with Crippen molar-refractivity contribution in [1.82, 2.24) is 16.0 Å². The van der Waals surface area contributed by atoms with Gasteiger partial charge < -0.3 is 25.8 Å². The predicted octanol–water partition coefficient (Wildman–Crippen LogP) is 2.05. The first-order valence-electron chi connectivity index (χ1n) is 11.4. The van der Waals surface area contributed by atoms with Gasteiger partial charge >= 0.3 is 6.09 Å². The summed E-state index contributed by atoms with van der Waals surface area (Å²) >= 11 is 0. The lowest BCUT2D eigenvalue weighted by Gasteiger charge is -2.27. The van der Waals surface area contributed by atoms with Gasteiger partial charge in [-0.15, -0.1) is 0 Å². The molecule has 1 aromatic carbocycles. The Kier molecular flexibility index (Phi) is 7.77. The molecule has 0 bridgehead atoms. The third-order valence-electron chi connectivity index (χ3n) is 5.47. The summed E-state index contributed by atoms with van der Waals surface area (Å²) in [6.07, 6.45) is 2.54. The number of benzene rings is 1. The van der Waals surface area contributed by atoms with Crippen molar-refractivity contribution < 1.29 is 24.2 Å². The van der Waals surface area contributed by atoms with Gasteiger partial charge in [-0.2, -0.15) is 0 Å². The zero-order valence-electron chi connectivity index (χ0n) is 19.1. The van der Waals surface area contributed by atoms with E-state index in [-0.39, 0.29) is 12.5 Å². The van der Waals surface area contributed by atoms with Crippen LogP contribution in [0.4, 0.5) is 4.79 Å². The third-order valence-corrected chi connectivity index (χ3v) is 5.47. The van der Waals surface area contributed by atoms with Gasteiger partial charge in [0.2, 0.25) is 5.91 Å². The highest BCUT2D eigenvalue weighted by Crippen LogP contribution is 2.33. The molecule has 3 rings (SSSR count). The maximum Gasteiger partial charge on any atom is 0.408 e. The van der Waals surface area contributed by atoms with Crippen molar-refractivity contribution in [2.24, 2.45) is 5.92 Å². The Morgan fingerprint density at radius 3 is 2.25 bits per heavy atom. The van der Waals surface area contributed by atoms with Gasteiger partial charge in [-0.05, 0) is 57.9 Å². The lowest BCUT2D eigenvalue weighted by atomic mass is 9.99. The van der Waals surface area contributed by atoms with Crippen LogP contribution < -0.4 is 16.0 Å². The lowest BCUT2D eigenvalue weighted by Crippen LogP contribution is -2.56. The van der Waals surface area contributed by atoms with Gasteiger partial charge in [0.1, 0.15) is 11.6 Å². The van der Waals surface area contributed by atoms with Crippen LogP contribution in [0, 0.1) is 5.92 Å². The highest BCUT2D eigenvalue weighted by Gasteiger charge is 2.36. The summed E-state index contributed by atoms with van der Waals surface area (Å²) in [7, 11) is 0. The van der Waals surface area contributed by atoms with Gasteiger partial charge in [0, 0.05) is 6.04 Å². The third kappa shape index (κ3) is 8.15. The van der Waals surface area contributed by atoms with E-state index in [1.54, 1.807) is 20.8 Å². The van der Waals surface area contributed by atoms with Crippen LogP contribution in [0.25, 0.3) is 0 Å². The standard InChI is InChI=1S/C24H35N3O5/c1-24(2,3)32-23(31)27-19(14-16-9-10-16)21(29)26-18(13-15-7-5-4-6-8-15)20(28)22(30)25-17-11-12-17/h4-8,16-20,28H,9-14H2,1-3H3,(H,25,30)(H,26,29)(H,27,31)/t18?,19-,20?/m0/s1. The number of rotatable bonds is 10. The number of hydrogen-bond acceptors (Lipinski definition) is 5. The Hall–Kier alpha value is -2.61. The number of aliphatic hydroxyl groups is 1. The van der Waals surface area contributed by atoms with Gasteiger partial charge in [-0.1, -0.05) is 43.2 Å². The molecule has 2 unspecified atom stereocenters. The Bertz CT molecular complexity index is 800. The molecule has 0 radical (unpaired) electrons. The maximum absolute atomic E-state index is 13.1. The van der Waals surface area contributed by atoms with Crippen LogP contribution in [0.5, 0.6) is 0 Å². The van der Waals surface area contributed by atoms with Crippen LogP contribution in [-0.2, 0) is 20.7 Å². The molecule has 176 valence electrons. The lowest BCUT2D eigenvalue weighted by molar-refractivity contribution is -0.132. The normalized spacial score (nSPS) is 18.8. The smallest absolute Gasteiger partial charge is 0.408 e. The minimum atomic E-state index is -1.40. The number of carbonyl (C=O) groups is 3. The van der Waals surface area contributed by atoms with Crippen LogP contribution in [0.15, 0.2) is 30.3 Å². The number of amides is 3. The van der Waals surface area contributed by atoms with Crippen molar-refractivity contribution in [3.05, 3.63) is 35.9 Å². The number of aliphatic hydroxyl groups excluding tert-OH is 1. The van der Waals surface area contributed by atoms with E-state index in [1.807, 2.05) is 30.3 Å². The molecular weight excluding hydrogens is 410 g/mol. The van der Waals surface area contributed by atoms with Crippen molar-refractivity contribution >= 4 is 17.9 Å². The molecule has 2 aliphatic carbocycles. The summed E-state index contributed by atoms with van der Waals surface area (Å²) in [6, 6.07) is 7.84. The zero-order valence-corrected chi connectivity index (χ0v) is 19.1. The Morgan fingerprint density at radius 1 is 1.03 bits per heavy atom. The van der Waals surface area contributed by atoms with E-state index in [2.05, 4.69) is 16.0 Å². The molecule has 0 aromatic heterocycles. The summed E-state index contributed by atoms with van der Waals surface area (Å²) in [5.41, 5.74) is 0.201. The minimum absolute atomic E-state index is 0.0988. The molecule has 0 saturated heterocycles. The van der Waals surface area contributed by atoms with Crippen molar-refractivity contribution in [1.29, 1.82) is 0 Å². The van der Waals surface area contributed by atoms with E-state index >= 15 is 0 Å². The highest BCUT2D eigenvalue weighted by atomic mass is 16.6. The summed E-state index contributed by atoms with van der Waals surface area (Å²) in [4.78, 5) is 37.9. The summed E-state index contributed by atoms with van der Waals surface area (Å²) in [5.74, 6) is -0.550.